The smallest absolute Gasteiger partial charge is 0.243 e. The molecule has 1 aromatic rings. The van der Waals surface area contributed by atoms with Crippen LogP contribution in [0.25, 0.3) is 0 Å². The van der Waals surface area contributed by atoms with E-state index >= 15 is 0 Å². The van der Waals surface area contributed by atoms with E-state index in [9.17, 15) is 8.42 Å². The van der Waals surface area contributed by atoms with Crippen molar-refractivity contribution in [1.29, 1.82) is 0 Å². The molecular formula is C11H15ClN2O3S. The topological polar surface area (TPSA) is 72.6 Å². The lowest BCUT2D eigenvalue weighted by molar-refractivity contribution is 0.0730. The normalized spacial score (nSPS) is 17.9. The van der Waals surface area contributed by atoms with E-state index in [-0.39, 0.29) is 11.4 Å². The summed E-state index contributed by atoms with van der Waals surface area (Å²) in [5.74, 6) is 0. The predicted molar refractivity (Wildman–Crippen MR) is 68.9 cm³/mol. The summed E-state index contributed by atoms with van der Waals surface area (Å²) in [6.45, 7) is 1.88. The number of ether oxygens (including phenoxy) is 1. The Bertz CT molecular complexity index is 527. The van der Waals surface area contributed by atoms with Gasteiger partial charge in [0.2, 0.25) is 10.0 Å². The molecule has 1 fully saturated rings. The van der Waals surface area contributed by atoms with Gasteiger partial charge in [-0.05, 0) is 17.7 Å². The third kappa shape index (κ3) is 2.67. The van der Waals surface area contributed by atoms with Gasteiger partial charge in [0, 0.05) is 24.7 Å². The van der Waals surface area contributed by atoms with Crippen molar-refractivity contribution in [2.45, 2.75) is 11.4 Å². The van der Waals surface area contributed by atoms with Crippen LogP contribution in [0.15, 0.2) is 23.1 Å². The van der Waals surface area contributed by atoms with Crippen molar-refractivity contribution < 1.29 is 13.2 Å². The summed E-state index contributed by atoms with van der Waals surface area (Å²) in [4.78, 5) is 0.201. The number of nitrogens with zero attached hydrogens (tertiary/aromatic N) is 1. The summed E-state index contributed by atoms with van der Waals surface area (Å²) in [7, 11) is -3.48. The molecular weight excluding hydrogens is 276 g/mol. The summed E-state index contributed by atoms with van der Waals surface area (Å²) in [6, 6.07) is 4.64. The monoisotopic (exact) mass is 290 g/mol. The van der Waals surface area contributed by atoms with Crippen molar-refractivity contribution in [3.8, 4) is 0 Å². The first kappa shape index (κ1) is 13.8. The Hall–Kier alpha value is -0.660. The van der Waals surface area contributed by atoms with Gasteiger partial charge in [0.15, 0.2) is 0 Å². The molecule has 0 unspecified atom stereocenters. The minimum absolute atomic E-state index is 0.201. The van der Waals surface area contributed by atoms with E-state index in [2.05, 4.69) is 0 Å². The lowest BCUT2D eigenvalue weighted by Crippen LogP contribution is -2.40. The van der Waals surface area contributed by atoms with Gasteiger partial charge < -0.3 is 10.5 Å². The predicted octanol–water partition coefficient (Wildman–Crippen LogP) is 0.820. The summed E-state index contributed by atoms with van der Waals surface area (Å²) in [5, 5.41) is 0.381. The molecule has 1 saturated heterocycles. The van der Waals surface area contributed by atoms with Crippen molar-refractivity contribution in [2.24, 2.45) is 5.73 Å². The first-order chi connectivity index (χ1) is 8.55. The highest BCUT2D eigenvalue weighted by atomic mass is 35.5. The number of benzene rings is 1. The van der Waals surface area contributed by atoms with E-state index in [0.717, 1.165) is 5.56 Å². The zero-order chi connectivity index (χ0) is 13.2. The lowest BCUT2D eigenvalue weighted by Gasteiger charge is -2.26. The number of rotatable bonds is 3. The van der Waals surface area contributed by atoms with Crippen LogP contribution in [0, 0.1) is 0 Å². The molecule has 0 bridgehead atoms. The molecule has 2 rings (SSSR count). The van der Waals surface area contributed by atoms with Gasteiger partial charge in [-0.3, -0.25) is 0 Å². The zero-order valence-corrected chi connectivity index (χ0v) is 11.4. The summed E-state index contributed by atoms with van der Waals surface area (Å²) in [6.07, 6.45) is 0. The van der Waals surface area contributed by atoms with Gasteiger partial charge in [-0.2, -0.15) is 4.31 Å². The summed E-state index contributed by atoms with van der Waals surface area (Å²) in [5.41, 5.74) is 6.23. The largest absolute Gasteiger partial charge is 0.379 e. The lowest BCUT2D eigenvalue weighted by atomic mass is 10.2. The van der Waals surface area contributed by atoms with Crippen LogP contribution in [-0.2, 0) is 21.3 Å². The molecule has 1 heterocycles. The van der Waals surface area contributed by atoms with E-state index in [1.807, 2.05) is 0 Å². The van der Waals surface area contributed by atoms with Gasteiger partial charge >= 0.3 is 0 Å². The number of sulfonamides is 1. The van der Waals surface area contributed by atoms with Gasteiger partial charge in [-0.1, -0.05) is 17.7 Å². The maximum atomic E-state index is 12.3. The van der Waals surface area contributed by atoms with Crippen LogP contribution in [0.3, 0.4) is 0 Å². The van der Waals surface area contributed by atoms with Crippen molar-refractivity contribution >= 4 is 21.6 Å². The zero-order valence-electron chi connectivity index (χ0n) is 9.80. The summed E-state index contributed by atoms with van der Waals surface area (Å²) < 4.78 is 31.2. The van der Waals surface area contributed by atoms with Gasteiger partial charge in [-0.15, -0.1) is 0 Å². The molecule has 0 amide bonds. The van der Waals surface area contributed by atoms with E-state index < -0.39 is 10.0 Å². The Labute approximate surface area is 112 Å². The van der Waals surface area contributed by atoms with Crippen LogP contribution in [0.4, 0.5) is 0 Å². The third-order valence-corrected chi connectivity index (χ3v) is 5.10. The van der Waals surface area contributed by atoms with Gasteiger partial charge in [-0.25, -0.2) is 8.42 Å². The first-order valence-corrected chi connectivity index (χ1v) is 7.44. The highest BCUT2D eigenvalue weighted by Crippen LogP contribution is 2.23. The van der Waals surface area contributed by atoms with E-state index in [1.165, 1.54) is 10.4 Å². The molecule has 7 heteroatoms. The van der Waals surface area contributed by atoms with E-state index in [4.69, 9.17) is 22.1 Å². The minimum atomic E-state index is -3.48. The maximum Gasteiger partial charge on any atom is 0.243 e. The molecule has 0 atom stereocenters. The quantitative estimate of drug-likeness (QED) is 0.894. The molecule has 5 nitrogen and oxygen atoms in total. The second-order valence-corrected chi connectivity index (χ2v) is 6.32. The fourth-order valence-electron chi connectivity index (χ4n) is 1.79. The van der Waals surface area contributed by atoms with Crippen LogP contribution in [-0.4, -0.2) is 39.0 Å². The fraction of sp³-hybridized carbons (Fsp3) is 0.455. The van der Waals surface area contributed by atoms with Crippen LogP contribution in [0.1, 0.15) is 5.56 Å². The molecule has 1 aliphatic heterocycles. The Morgan fingerprint density at radius 2 is 2.00 bits per heavy atom. The molecule has 18 heavy (non-hydrogen) atoms. The average Bonchev–Trinajstić information content (AvgIpc) is 2.39. The fourth-order valence-corrected chi connectivity index (χ4v) is 3.55. The molecule has 0 spiro atoms. The minimum Gasteiger partial charge on any atom is -0.379 e. The van der Waals surface area contributed by atoms with Gasteiger partial charge in [0.25, 0.3) is 0 Å². The summed E-state index contributed by atoms with van der Waals surface area (Å²) >= 11 is 5.99. The molecule has 0 saturated carbocycles. The molecule has 0 aliphatic carbocycles. The number of halogens is 1. The Morgan fingerprint density at radius 3 is 2.56 bits per heavy atom. The van der Waals surface area contributed by atoms with E-state index in [0.29, 0.717) is 31.3 Å². The second kappa shape index (κ2) is 5.54. The van der Waals surface area contributed by atoms with Gasteiger partial charge in [0.1, 0.15) is 0 Å². The average molecular weight is 291 g/mol. The number of hydrogen-bond acceptors (Lipinski definition) is 4. The van der Waals surface area contributed by atoms with Crippen molar-refractivity contribution in [2.75, 3.05) is 26.3 Å². The standard InChI is InChI=1S/C11H15ClN2O3S/c12-11-7-10(2-1-9(11)8-13)18(15,16)14-3-5-17-6-4-14/h1-2,7H,3-6,8,13H2. The van der Waals surface area contributed by atoms with Crippen LogP contribution in [0.2, 0.25) is 5.02 Å². The Balaban J connectivity index is 2.32. The van der Waals surface area contributed by atoms with Gasteiger partial charge in [0.05, 0.1) is 18.1 Å². The van der Waals surface area contributed by atoms with Crippen LogP contribution >= 0.6 is 11.6 Å². The highest BCUT2D eigenvalue weighted by Gasteiger charge is 2.26. The molecule has 100 valence electrons. The van der Waals surface area contributed by atoms with Crippen molar-refractivity contribution in [1.82, 2.24) is 4.31 Å². The highest BCUT2D eigenvalue weighted by molar-refractivity contribution is 7.89. The molecule has 0 aromatic heterocycles. The Kier molecular flexibility index (Phi) is 4.24. The molecule has 1 aliphatic rings. The molecule has 1 aromatic carbocycles. The van der Waals surface area contributed by atoms with Crippen LogP contribution < -0.4 is 5.73 Å². The Morgan fingerprint density at radius 1 is 1.33 bits per heavy atom. The van der Waals surface area contributed by atoms with E-state index in [1.54, 1.807) is 12.1 Å². The number of morpholine rings is 1. The number of hydrogen-bond donors (Lipinski definition) is 1. The van der Waals surface area contributed by atoms with Crippen molar-refractivity contribution in [3.05, 3.63) is 28.8 Å². The van der Waals surface area contributed by atoms with Crippen LogP contribution in [0.5, 0.6) is 0 Å². The molecule has 0 radical (unpaired) electrons. The third-order valence-electron chi connectivity index (χ3n) is 2.85. The van der Waals surface area contributed by atoms with Crippen molar-refractivity contribution in [3.63, 3.8) is 0 Å². The maximum absolute atomic E-state index is 12.3. The second-order valence-electron chi connectivity index (χ2n) is 3.97. The number of nitrogens with two attached hydrogens (primary N) is 1. The SMILES string of the molecule is NCc1ccc(S(=O)(=O)N2CCOCC2)cc1Cl. The molecule has 2 N–H and O–H groups in total. The first-order valence-electron chi connectivity index (χ1n) is 5.62.